The monoisotopic (exact) mass is 488 g/mol. The number of carbonyl (C=O) groups excluding carboxylic acids is 1. The Bertz CT molecular complexity index is 1160. The number of benzene rings is 1. The van der Waals surface area contributed by atoms with Gasteiger partial charge in [0.05, 0.1) is 28.1 Å². The predicted octanol–water partition coefficient (Wildman–Crippen LogP) is 4.30. The van der Waals surface area contributed by atoms with Crippen LogP contribution in [-0.4, -0.2) is 45.4 Å². The molecule has 1 saturated heterocycles. The minimum absolute atomic E-state index is 0.0197. The van der Waals surface area contributed by atoms with Crippen molar-refractivity contribution < 1.29 is 33.8 Å². The number of cyclic esters (lactones) is 1. The van der Waals surface area contributed by atoms with E-state index in [2.05, 4.69) is 10.3 Å². The van der Waals surface area contributed by atoms with Gasteiger partial charge in [0, 0.05) is 18.9 Å². The Morgan fingerprint density at radius 2 is 2.06 bits per heavy atom. The van der Waals surface area contributed by atoms with Crippen molar-refractivity contribution in [3.8, 4) is 11.5 Å². The zero-order valence-corrected chi connectivity index (χ0v) is 19.7. The maximum Gasteiger partial charge on any atom is 0.342 e. The Morgan fingerprint density at radius 1 is 1.26 bits per heavy atom. The van der Waals surface area contributed by atoms with Crippen LogP contribution >= 0.6 is 11.6 Å². The number of carbonyl (C=O) groups is 1. The maximum absolute atomic E-state index is 13.0. The predicted molar refractivity (Wildman–Crippen MR) is 123 cm³/mol. The first-order chi connectivity index (χ1) is 16.2. The SMILES string of the molecule is Cc1noc(C)c1CO\N=C1/C=C/C=C/C2OC2CC(C)OC(=O)c2c(O)cc(O)c(Cl)c2C1. The van der Waals surface area contributed by atoms with E-state index in [-0.39, 0.29) is 47.1 Å². The third-order valence-corrected chi connectivity index (χ3v) is 6.07. The van der Waals surface area contributed by atoms with Gasteiger partial charge in [-0.2, -0.15) is 0 Å². The van der Waals surface area contributed by atoms with E-state index in [1.807, 2.05) is 12.2 Å². The van der Waals surface area contributed by atoms with Crippen LogP contribution in [0.2, 0.25) is 5.02 Å². The molecular formula is C24H25ClN2O7. The molecule has 1 aromatic carbocycles. The molecule has 2 N–H and O–H groups in total. The number of allylic oxidation sites excluding steroid dienone is 3. The summed E-state index contributed by atoms with van der Waals surface area (Å²) in [5, 5.41) is 28.7. The van der Waals surface area contributed by atoms with E-state index in [0.29, 0.717) is 23.6 Å². The Hall–Kier alpha value is -3.30. The van der Waals surface area contributed by atoms with Gasteiger partial charge in [-0.3, -0.25) is 0 Å². The molecule has 9 nitrogen and oxygen atoms in total. The molecule has 1 fully saturated rings. The number of oxime groups is 1. The molecule has 0 bridgehead atoms. The quantitative estimate of drug-likeness (QED) is 0.372. The molecule has 3 heterocycles. The largest absolute Gasteiger partial charge is 0.507 e. The van der Waals surface area contributed by atoms with Gasteiger partial charge >= 0.3 is 5.97 Å². The molecule has 0 saturated carbocycles. The third kappa shape index (κ3) is 5.26. The highest BCUT2D eigenvalue weighted by atomic mass is 35.5. The van der Waals surface area contributed by atoms with Crippen molar-refractivity contribution in [1.29, 1.82) is 0 Å². The van der Waals surface area contributed by atoms with Gasteiger partial charge < -0.3 is 29.0 Å². The van der Waals surface area contributed by atoms with Crippen molar-refractivity contribution in [3.05, 3.63) is 63.5 Å². The molecule has 0 radical (unpaired) electrons. The van der Waals surface area contributed by atoms with Gasteiger partial charge in [-0.15, -0.1) is 0 Å². The number of rotatable bonds is 3. The molecule has 2 aliphatic heterocycles. The first-order valence-electron chi connectivity index (χ1n) is 10.8. The summed E-state index contributed by atoms with van der Waals surface area (Å²) in [7, 11) is 0. The van der Waals surface area contributed by atoms with Crippen LogP contribution < -0.4 is 0 Å². The lowest BCUT2D eigenvalue weighted by Gasteiger charge is -2.17. The molecule has 34 heavy (non-hydrogen) atoms. The zero-order valence-electron chi connectivity index (χ0n) is 18.9. The minimum atomic E-state index is -0.758. The van der Waals surface area contributed by atoms with E-state index >= 15 is 0 Å². The number of ether oxygens (including phenoxy) is 2. The molecule has 0 amide bonds. The van der Waals surface area contributed by atoms with Gasteiger partial charge in [0.2, 0.25) is 0 Å². The first kappa shape index (κ1) is 23.8. The second-order valence-electron chi connectivity index (χ2n) is 8.25. The number of hydrogen-bond donors (Lipinski definition) is 2. The average Bonchev–Trinajstić information content (AvgIpc) is 3.43. The fourth-order valence-corrected chi connectivity index (χ4v) is 3.96. The molecule has 4 rings (SSSR count). The van der Waals surface area contributed by atoms with Gasteiger partial charge in [-0.05, 0) is 32.4 Å². The van der Waals surface area contributed by atoms with Crippen LogP contribution in [0.4, 0.5) is 0 Å². The highest BCUT2D eigenvalue weighted by molar-refractivity contribution is 6.33. The second kappa shape index (κ2) is 9.90. The number of aromatic nitrogens is 1. The first-order valence-corrected chi connectivity index (χ1v) is 11.2. The lowest BCUT2D eigenvalue weighted by Crippen LogP contribution is -2.19. The molecule has 2 aliphatic rings. The number of aryl methyl sites for hydroxylation is 2. The van der Waals surface area contributed by atoms with Crippen molar-refractivity contribution in [1.82, 2.24) is 5.16 Å². The molecular weight excluding hydrogens is 464 g/mol. The Morgan fingerprint density at radius 3 is 2.79 bits per heavy atom. The zero-order chi connectivity index (χ0) is 24.4. The highest BCUT2D eigenvalue weighted by Gasteiger charge is 2.38. The smallest absolute Gasteiger partial charge is 0.342 e. The molecule has 3 unspecified atom stereocenters. The fraction of sp³-hybridized carbons (Fsp3) is 0.375. The number of nitrogens with zero attached hydrogens (tertiary/aromatic N) is 2. The minimum Gasteiger partial charge on any atom is -0.507 e. The summed E-state index contributed by atoms with van der Waals surface area (Å²) in [4.78, 5) is 18.5. The summed E-state index contributed by atoms with van der Waals surface area (Å²) >= 11 is 6.34. The standard InChI is InChI=1S/C24H25ClN2O7/c1-12-8-21-20(33-21)7-5-4-6-15(27-31-11-17-13(2)26-34-14(17)3)9-16-22(24(30)32-12)18(28)10-19(29)23(16)25/h4-7,10,12,20-21,28-29H,8-9,11H2,1-3H3/b6-4+,7-5+,27-15+. The molecule has 10 heteroatoms. The maximum atomic E-state index is 13.0. The molecule has 3 atom stereocenters. The Balaban J connectivity index is 1.69. The fourth-order valence-electron chi connectivity index (χ4n) is 3.74. The van der Waals surface area contributed by atoms with E-state index in [0.717, 1.165) is 11.6 Å². The van der Waals surface area contributed by atoms with E-state index in [1.54, 1.807) is 32.9 Å². The highest BCUT2D eigenvalue weighted by Crippen LogP contribution is 2.38. The van der Waals surface area contributed by atoms with E-state index in [1.165, 1.54) is 0 Å². The number of aromatic hydroxyl groups is 2. The van der Waals surface area contributed by atoms with E-state index in [4.69, 9.17) is 30.4 Å². The third-order valence-electron chi connectivity index (χ3n) is 5.65. The van der Waals surface area contributed by atoms with Gasteiger partial charge in [-0.1, -0.05) is 40.1 Å². The van der Waals surface area contributed by atoms with Crippen LogP contribution in [0.15, 0.2) is 40.0 Å². The molecule has 180 valence electrons. The van der Waals surface area contributed by atoms with Crippen molar-refractivity contribution in [2.24, 2.45) is 5.16 Å². The van der Waals surface area contributed by atoms with Crippen LogP contribution in [-0.2, 0) is 27.3 Å². The van der Waals surface area contributed by atoms with Crippen molar-refractivity contribution in [2.45, 2.75) is 58.5 Å². The summed E-state index contributed by atoms with van der Waals surface area (Å²) in [5.41, 5.74) is 1.89. The molecule has 0 aliphatic carbocycles. The average molecular weight is 489 g/mol. The van der Waals surface area contributed by atoms with Crippen LogP contribution in [0, 0.1) is 13.8 Å². The molecule has 2 aromatic rings. The molecule has 1 aromatic heterocycles. The number of epoxide rings is 1. The summed E-state index contributed by atoms with van der Waals surface area (Å²) in [6.07, 6.45) is 7.10. The van der Waals surface area contributed by atoms with Gasteiger partial charge in [-0.25, -0.2) is 4.79 Å². The van der Waals surface area contributed by atoms with Crippen LogP contribution in [0.3, 0.4) is 0 Å². The van der Waals surface area contributed by atoms with E-state index < -0.39 is 17.8 Å². The lowest BCUT2D eigenvalue weighted by molar-refractivity contribution is 0.0306. The number of phenols is 2. The van der Waals surface area contributed by atoms with Crippen LogP contribution in [0.5, 0.6) is 11.5 Å². The molecule has 0 spiro atoms. The summed E-state index contributed by atoms with van der Waals surface area (Å²) in [6.45, 7) is 5.45. The number of phenolic OH excluding ortho intramolecular Hbond substituents is 2. The summed E-state index contributed by atoms with van der Waals surface area (Å²) < 4.78 is 16.3. The van der Waals surface area contributed by atoms with Gasteiger partial charge in [0.1, 0.15) is 41.6 Å². The number of hydrogen-bond acceptors (Lipinski definition) is 9. The summed E-state index contributed by atoms with van der Waals surface area (Å²) in [5.74, 6) is -0.941. The van der Waals surface area contributed by atoms with E-state index in [9.17, 15) is 15.0 Å². The van der Waals surface area contributed by atoms with Gasteiger partial charge in [0.15, 0.2) is 0 Å². The second-order valence-corrected chi connectivity index (χ2v) is 8.63. The Kier molecular flexibility index (Phi) is 6.95. The van der Waals surface area contributed by atoms with Crippen LogP contribution in [0.1, 0.15) is 46.3 Å². The number of esters is 1. The van der Waals surface area contributed by atoms with Crippen LogP contribution in [0.25, 0.3) is 0 Å². The topological polar surface area (TPSA) is 127 Å². The van der Waals surface area contributed by atoms with Crippen molar-refractivity contribution in [3.63, 3.8) is 0 Å². The van der Waals surface area contributed by atoms with Gasteiger partial charge in [0.25, 0.3) is 0 Å². The summed E-state index contributed by atoms with van der Waals surface area (Å²) in [6, 6.07) is 1.01. The lowest BCUT2D eigenvalue weighted by atomic mass is 9.99. The number of fused-ring (bicyclic) bond motifs is 2. The van der Waals surface area contributed by atoms with Crippen molar-refractivity contribution >= 4 is 23.3 Å². The Labute approximate surface area is 201 Å². The van der Waals surface area contributed by atoms with Crippen molar-refractivity contribution in [2.75, 3.05) is 0 Å². The normalized spacial score (nSPS) is 25.6. The number of halogens is 1.